The number of rotatable bonds is 0. The molecular formula is C6H8F2N2. The summed E-state index contributed by atoms with van der Waals surface area (Å²) in [5.41, 5.74) is 0. The molecular weight excluding hydrogens is 138 g/mol. The Morgan fingerprint density at radius 1 is 1.60 bits per heavy atom. The minimum absolute atomic E-state index is 0.168. The van der Waals surface area contributed by atoms with Gasteiger partial charge in [0.2, 0.25) is 0 Å². The normalized spacial score (nSPS) is 31.1. The molecule has 1 aliphatic rings. The first kappa shape index (κ1) is 7.42. The van der Waals surface area contributed by atoms with Crippen LogP contribution in [0.3, 0.4) is 0 Å². The summed E-state index contributed by atoms with van der Waals surface area (Å²) in [5.74, 6) is -2.83. The van der Waals surface area contributed by atoms with E-state index in [1.807, 2.05) is 0 Å². The minimum Gasteiger partial charge on any atom is -0.297 e. The van der Waals surface area contributed by atoms with E-state index in [-0.39, 0.29) is 6.42 Å². The lowest BCUT2D eigenvalue weighted by Gasteiger charge is -2.26. The minimum atomic E-state index is -2.83. The van der Waals surface area contributed by atoms with Crippen molar-refractivity contribution >= 4 is 0 Å². The van der Waals surface area contributed by atoms with E-state index in [0.29, 0.717) is 13.0 Å². The van der Waals surface area contributed by atoms with Gasteiger partial charge < -0.3 is 0 Å². The Balaban J connectivity index is 2.62. The van der Waals surface area contributed by atoms with Crippen LogP contribution in [0.15, 0.2) is 0 Å². The smallest absolute Gasteiger partial charge is 0.276 e. The van der Waals surface area contributed by atoms with Gasteiger partial charge in [0, 0.05) is 6.42 Å². The zero-order valence-corrected chi connectivity index (χ0v) is 5.40. The van der Waals surface area contributed by atoms with E-state index in [2.05, 4.69) is 5.32 Å². The highest BCUT2D eigenvalue weighted by atomic mass is 19.3. The van der Waals surface area contributed by atoms with E-state index in [1.165, 1.54) is 6.07 Å². The Morgan fingerprint density at radius 2 is 2.30 bits per heavy atom. The largest absolute Gasteiger partial charge is 0.297 e. The van der Waals surface area contributed by atoms with Crippen LogP contribution < -0.4 is 5.32 Å². The molecule has 56 valence electrons. The summed E-state index contributed by atoms with van der Waals surface area (Å²) in [4.78, 5) is 0. The van der Waals surface area contributed by atoms with Crippen molar-refractivity contribution in [2.24, 2.45) is 0 Å². The van der Waals surface area contributed by atoms with Crippen molar-refractivity contribution < 1.29 is 8.78 Å². The van der Waals surface area contributed by atoms with Gasteiger partial charge in [-0.25, -0.2) is 8.78 Å². The summed E-state index contributed by atoms with van der Waals surface area (Å²) in [5, 5.41) is 10.7. The molecule has 0 aliphatic carbocycles. The summed E-state index contributed by atoms with van der Waals surface area (Å²) >= 11 is 0. The van der Waals surface area contributed by atoms with Crippen molar-refractivity contribution in [1.82, 2.24) is 5.32 Å². The maximum Gasteiger partial charge on any atom is 0.276 e. The molecule has 0 aromatic rings. The van der Waals surface area contributed by atoms with Gasteiger partial charge in [-0.3, -0.25) is 5.32 Å². The van der Waals surface area contributed by atoms with Crippen molar-refractivity contribution in [1.29, 1.82) is 5.26 Å². The first-order valence-corrected chi connectivity index (χ1v) is 3.17. The second kappa shape index (κ2) is 2.51. The number of alkyl halides is 2. The number of piperidine rings is 1. The van der Waals surface area contributed by atoms with Crippen LogP contribution in [0.4, 0.5) is 8.78 Å². The van der Waals surface area contributed by atoms with Gasteiger partial charge in [-0.2, -0.15) is 5.26 Å². The highest BCUT2D eigenvalue weighted by Gasteiger charge is 2.41. The molecule has 1 aliphatic heterocycles. The molecule has 0 aromatic heterocycles. The molecule has 2 nitrogen and oxygen atoms in total. The first-order chi connectivity index (χ1) is 4.67. The number of hydrogen-bond acceptors (Lipinski definition) is 2. The summed E-state index contributed by atoms with van der Waals surface area (Å²) in [6.45, 7) is 0.522. The summed E-state index contributed by atoms with van der Waals surface area (Å²) in [7, 11) is 0. The van der Waals surface area contributed by atoms with Crippen LogP contribution in [-0.2, 0) is 0 Å². The SMILES string of the molecule is N#CC1NCCCC1(F)F. The van der Waals surface area contributed by atoms with Crippen LogP contribution >= 0.6 is 0 Å². The molecule has 0 saturated carbocycles. The molecule has 1 rings (SSSR count). The van der Waals surface area contributed by atoms with Gasteiger partial charge in [0.05, 0.1) is 6.07 Å². The maximum absolute atomic E-state index is 12.6. The first-order valence-electron chi connectivity index (χ1n) is 3.17. The van der Waals surface area contributed by atoms with Crippen molar-refractivity contribution in [2.75, 3.05) is 6.54 Å². The second-order valence-electron chi connectivity index (χ2n) is 2.38. The van der Waals surface area contributed by atoms with E-state index < -0.39 is 12.0 Å². The second-order valence-corrected chi connectivity index (χ2v) is 2.38. The molecule has 0 bridgehead atoms. The van der Waals surface area contributed by atoms with Crippen LogP contribution in [-0.4, -0.2) is 18.5 Å². The molecule has 0 aromatic carbocycles. The predicted molar refractivity (Wildman–Crippen MR) is 31.6 cm³/mol. The van der Waals surface area contributed by atoms with E-state index in [9.17, 15) is 8.78 Å². The van der Waals surface area contributed by atoms with Gasteiger partial charge in [-0.15, -0.1) is 0 Å². The van der Waals surface area contributed by atoms with E-state index in [4.69, 9.17) is 5.26 Å². The molecule has 0 radical (unpaired) electrons. The standard InChI is InChI=1S/C6H8F2N2/c7-6(8)2-1-3-10-5(6)4-9/h5,10H,1-3H2. The molecule has 1 heterocycles. The van der Waals surface area contributed by atoms with Crippen LogP contribution in [0.25, 0.3) is 0 Å². The molecule has 0 amide bonds. The molecule has 1 N–H and O–H groups in total. The lowest BCUT2D eigenvalue weighted by molar-refractivity contribution is -0.0431. The third-order valence-electron chi connectivity index (χ3n) is 1.59. The van der Waals surface area contributed by atoms with Gasteiger partial charge in [-0.05, 0) is 13.0 Å². The van der Waals surface area contributed by atoms with Gasteiger partial charge in [0.15, 0.2) is 6.04 Å². The van der Waals surface area contributed by atoms with E-state index in [1.54, 1.807) is 0 Å². The fourth-order valence-electron chi connectivity index (χ4n) is 1.00. The Labute approximate surface area is 57.8 Å². The zero-order chi connectivity index (χ0) is 7.61. The zero-order valence-electron chi connectivity index (χ0n) is 5.40. The topological polar surface area (TPSA) is 35.8 Å². The number of halogens is 2. The van der Waals surface area contributed by atoms with E-state index in [0.717, 1.165) is 0 Å². The Morgan fingerprint density at radius 3 is 2.70 bits per heavy atom. The summed E-state index contributed by atoms with van der Waals surface area (Å²) < 4.78 is 25.2. The van der Waals surface area contributed by atoms with Crippen LogP contribution in [0.5, 0.6) is 0 Å². The maximum atomic E-state index is 12.6. The van der Waals surface area contributed by atoms with Crippen LogP contribution in [0.2, 0.25) is 0 Å². The Hall–Kier alpha value is -0.690. The monoisotopic (exact) mass is 146 g/mol. The molecule has 4 heteroatoms. The Bertz CT molecular complexity index is 162. The highest BCUT2D eigenvalue weighted by molar-refractivity contribution is 5.02. The molecule has 1 saturated heterocycles. The van der Waals surface area contributed by atoms with Crippen LogP contribution in [0.1, 0.15) is 12.8 Å². The van der Waals surface area contributed by atoms with Gasteiger partial charge in [-0.1, -0.05) is 0 Å². The number of nitriles is 1. The predicted octanol–water partition coefficient (Wildman–Crippen LogP) is 0.897. The summed E-state index contributed by atoms with van der Waals surface area (Å²) in [6, 6.07) is 0.256. The highest BCUT2D eigenvalue weighted by Crippen LogP contribution is 2.27. The lowest BCUT2D eigenvalue weighted by atomic mass is 10.0. The lowest BCUT2D eigenvalue weighted by Crippen LogP contribution is -2.48. The molecule has 0 spiro atoms. The van der Waals surface area contributed by atoms with Crippen molar-refractivity contribution in [3.8, 4) is 6.07 Å². The third-order valence-corrected chi connectivity index (χ3v) is 1.59. The Kier molecular flexibility index (Phi) is 1.86. The molecule has 10 heavy (non-hydrogen) atoms. The quantitative estimate of drug-likeness (QED) is 0.551. The fraction of sp³-hybridized carbons (Fsp3) is 0.833. The average Bonchev–Trinajstić information content (AvgIpc) is 1.87. The van der Waals surface area contributed by atoms with Crippen LogP contribution in [0, 0.1) is 11.3 Å². The average molecular weight is 146 g/mol. The number of hydrogen-bond donors (Lipinski definition) is 1. The summed E-state index contributed by atoms with van der Waals surface area (Å²) in [6.07, 6.45) is 0.281. The van der Waals surface area contributed by atoms with E-state index >= 15 is 0 Å². The molecule has 1 fully saturated rings. The van der Waals surface area contributed by atoms with Crippen molar-refractivity contribution in [3.63, 3.8) is 0 Å². The van der Waals surface area contributed by atoms with Gasteiger partial charge in [0.1, 0.15) is 0 Å². The fourth-order valence-corrected chi connectivity index (χ4v) is 1.00. The number of nitrogens with zero attached hydrogens (tertiary/aromatic N) is 1. The third kappa shape index (κ3) is 1.24. The molecule has 1 unspecified atom stereocenters. The van der Waals surface area contributed by atoms with Gasteiger partial charge >= 0.3 is 0 Å². The molecule has 1 atom stereocenters. The number of nitrogens with one attached hydrogen (secondary N) is 1. The van der Waals surface area contributed by atoms with Crippen molar-refractivity contribution in [3.05, 3.63) is 0 Å². The van der Waals surface area contributed by atoms with Crippen molar-refractivity contribution in [2.45, 2.75) is 24.8 Å². The van der Waals surface area contributed by atoms with Gasteiger partial charge in [0.25, 0.3) is 5.92 Å².